The molecule has 1 amide bonds. The molecule has 1 aromatic heterocycles. The predicted octanol–water partition coefficient (Wildman–Crippen LogP) is 3.54. The number of carbonyl (C=O) groups excluding carboxylic acids is 1. The lowest BCUT2D eigenvalue weighted by molar-refractivity contribution is -0.137. The number of alkyl halides is 3. The van der Waals surface area contributed by atoms with E-state index in [0.29, 0.717) is 16.9 Å². The summed E-state index contributed by atoms with van der Waals surface area (Å²) in [6, 6.07) is 6.20. The molecule has 0 unspecified atom stereocenters. The maximum Gasteiger partial charge on any atom is 0.416 e. The van der Waals surface area contributed by atoms with Crippen molar-refractivity contribution in [2.75, 3.05) is 0 Å². The van der Waals surface area contributed by atoms with Gasteiger partial charge >= 0.3 is 6.18 Å². The Kier molecular flexibility index (Phi) is 3.83. The van der Waals surface area contributed by atoms with Crippen LogP contribution in [0.25, 0.3) is 0 Å². The average Bonchev–Trinajstić information content (AvgIpc) is 2.82. The smallest absolute Gasteiger partial charge is 0.416 e. The second kappa shape index (κ2) is 5.40. The van der Waals surface area contributed by atoms with E-state index in [-0.39, 0.29) is 12.5 Å². The van der Waals surface area contributed by atoms with Crippen LogP contribution in [0.5, 0.6) is 0 Å². The van der Waals surface area contributed by atoms with Crippen molar-refractivity contribution in [1.82, 2.24) is 5.32 Å². The van der Waals surface area contributed by atoms with Gasteiger partial charge in [-0.1, -0.05) is 12.1 Å². The zero-order valence-electron chi connectivity index (χ0n) is 10.6. The summed E-state index contributed by atoms with van der Waals surface area (Å²) in [6.07, 6.45) is -2.95. The molecule has 2 rings (SSSR count). The van der Waals surface area contributed by atoms with Crippen molar-refractivity contribution >= 4 is 5.91 Å². The van der Waals surface area contributed by atoms with E-state index in [9.17, 15) is 18.0 Å². The number of nitrogens with one attached hydrogen (secondary N) is 1. The van der Waals surface area contributed by atoms with Crippen molar-refractivity contribution in [2.24, 2.45) is 0 Å². The molecule has 1 N–H and O–H groups in total. The summed E-state index contributed by atoms with van der Waals surface area (Å²) < 4.78 is 42.2. The van der Waals surface area contributed by atoms with Crippen LogP contribution in [0, 0.1) is 6.92 Å². The van der Waals surface area contributed by atoms with Gasteiger partial charge in [0.15, 0.2) is 0 Å². The van der Waals surface area contributed by atoms with Gasteiger partial charge in [0, 0.05) is 6.54 Å². The number of benzene rings is 1. The maximum absolute atomic E-state index is 12.4. The zero-order valence-corrected chi connectivity index (χ0v) is 10.6. The highest BCUT2D eigenvalue weighted by molar-refractivity contribution is 5.94. The van der Waals surface area contributed by atoms with Gasteiger partial charge in [0.25, 0.3) is 5.91 Å². The van der Waals surface area contributed by atoms with Gasteiger partial charge < -0.3 is 9.73 Å². The maximum atomic E-state index is 12.4. The van der Waals surface area contributed by atoms with Gasteiger partial charge in [-0.05, 0) is 30.7 Å². The van der Waals surface area contributed by atoms with Crippen molar-refractivity contribution in [1.29, 1.82) is 0 Å². The quantitative estimate of drug-likeness (QED) is 0.936. The number of amides is 1. The Balaban J connectivity index is 1.98. The SMILES string of the molecule is Cc1occc1C(=O)NCc1ccc(C(F)(F)F)cc1. The standard InChI is InChI=1S/C14H12F3NO2/c1-9-12(6-7-20-9)13(19)18-8-10-2-4-11(5-3-10)14(15,16)17/h2-7H,8H2,1H3,(H,18,19). The minimum Gasteiger partial charge on any atom is -0.469 e. The van der Waals surface area contributed by atoms with E-state index in [0.717, 1.165) is 12.1 Å². The third-order valence-corrected chi connectivity index (χ3v) is 2.84. The zero-order chi connectivity index (χ0) is 14.8. The molecule has 6 heteroatoms. The second-order valence-corrected chi connectivity index (χ2v) is 4.27. The number of furan rings is 1. The van der Waals surface area contributed by atoms with E-state index in [1.54, 1.807) is 6.92 Å². The molecule has 0 saturated heterocycles. The number of halogens is 3. The lowest BCUT2D eigenvalue weighted by Crippen LogP contribution is -2.23. The van der Waals surface area contributed by atoms with Crippen molar-refractivity contribution in [2.45, 2.75) is 19.6 Å². The Labute approximate surface area is 113 Å². The summed E-state index contributed by atoms with van der Waals surface area (Å²) >= 11 is 0. The van der Waals surface area contributed by atoms with Crippen LogP contribution in [0.4, 0.5) is 13.2 Å². The summed E-state index contributed by atoms with van der Waals surface area (Å²) in [5.41, 5.74) is 0.294. The summed E-state index contributed by atoms with van der Waals surface area (Å²) in [5.74, 6) is 0.172. The Hall–Kier alpha value is -2.24. The lowest BCUT2D eigenvalue weighted by atomic mass is 10.1. The Bertz CT molecular complexity index is 600. The average molecular weight is 283 g/mol. The van der Waals surface area contributed by atoms with Gasteiger partial charge in [-0.3, -0.25) is 4.79 Å². The molecule has 0 spiro atoms. The second-order valence-electron chi connectivity index (χ2n) is 4.27. The molecule has 1 heterocycles. The number of rotatable bonds is 3. The fourth-order valence-corrected chi connectivity index (χ4v) is 1.71. The first kappa shape index (κ1) is 14.2. The summed E-state index contributed by atoms with van der Waals surface area (Å²) in [6.45, 7) is 1.81. The number of carbonyl (C=O) groups is 1. The van der Waals surface area contributed by atoms with E-state index in [1.807, 2.05) is 0 Å². The van der Waals surface area contributed by atoms with Gasteiger partial charge in [0.05, 0.1) is 17.4 Å². The minimum atomic E-state index is -4.35. The van der Waals surface area contributed by atoms with Gasteiger partial charge in [0.2, 0.25) is 0 Å². The van der Waals surface area contributed by atoms with Crippen LogP contribution in [0.1, 0.15) is 27.2 Å². The van der Waals surface area contributed by atoms with Crippen molar-refractivity contribution in [3.8, 4) is 0 Å². The number of aryl methyl sites for hydroxylation is 1. The first-order chi connectivity index (χ1) is 9.38. The fourth-order valence-electron chi connectivity index (χ4n) is 1.71. The fraction of sp³-hybridized carbons (Fsp3) is 0.214. The molecule has 2 aromatic rings. The van der Waals surface area contributed by atoms with Gasteiger partial charge in [-0.25, -0.2) is 0 Å². The number of hydrogen-bond acceptors (Lipinski definition) is 2. The normalized spacial score (nSPS) is 11.4. The molecule has 1 aromatic carbocycles. The first-order valence-electron chi connectivity index (χ1n) is 5.86. The Morgan fingerprint density at radius 2 is 1.85 bits per heavy atom. The molecular formula is C14H12F3NO2. The van der Waals surface area contributed by atoms with Crippen molar-refractivity contribution in [3.05, 3.63) is 59.0 Å². The molecule has 3 nitrogen and oxygen atoms in total. The largest absolute Gasteiger partial charge is 0.469 e. The van der Waals surface area contributed by atoms with E-state index >= 15 is 0 Å². The molecule has 106 valence electrons. The molecule has 0 saturated carbocycles. The highest BCUT2D eigenvalue weighted by Crippen LogP contribution is 2.29. The van der Waals surface area contributed by atoms with E-state index < -0.39 is 11.7 Å². The van der Waals surface area contributed by atoms with Crippen molar-refractivity contribution < 1.29 is 22.4 Å². The number of hydrogen-bond donors (Lipinski definition) is 1. The lowest BCUT2D eigenvalue weighted by Gasteiger charge is -2.08. The molecule has 0 fully saturated rings. The molecule has 0 atom stereocenters. The molecule has 0 radical (unpaired) electrons. The molecule has 0 aliphatic carbocycles. The van der Waals surface area contributed by atoms with Gasteiger partial charge in [-0.2, -0.15) is 13.2 Å². The summed E-state index contributed by atoms with van der Waals surface area (Å²) in [5, 5.41) is 2.62. The van der Waals surface area contributed by atoms with Crippen molar-refractivity contribution in [3.63, 3.8) is 0 Å². The topological polar surface area (TPSA) is 42.2 Å². The Morgan fingerprint density at radius 1 is 1.20 bits per heavy atom. The van der Waals surface area contributed by atoms with Crippen LogP contribution in [-0.2, 0) is 12.7 Å². The molecule has 0 aliphatic heterocycles. The van der Waals surface area contributed by atoms with Crippen LogP contribution in [0.3, 0.4) is 0 Å². The van der Waals surface area contributed by atoms with Crippen LogP contribution in [-0.4, -0.2) is 5.91 Å². The third kappa shape index (κ3) is 3.20. The summed E-state index contributed by atoms with van der Waals surface area (Å²) in [4.78, 5) is 11.8. The van der Waals surface area contributed by atoms with Gasteiger partial charge in [0.1, 0.15) is 5.76 Å². The van der Waals surface area contributed by atoms with Crippen LogP contribution in [0.2, 0.25) is 0 Å². The van der Waals surface area contributed by atoms with Crippen LogP contribution < -0.4 is 5.32 Å². The predicted molar refractivity (Wildman–Crippen MR) is 66.1 cm³/mol. The molecular weight excluding hydrogens is 271 g/mol. The van der Waals surface area contributed by atoms with Crippen LogP contribution in [0.15, 0.2) is 41.0 Å². The highest BCUT2D eigenvalue weighted by atomic mass is 19.4. The Morgan fingerprint density at radius 3 is 2.35 bits per heavy atom. The molecule has 0 aliphatic rings. The molecule has 0 bridgehead atoms. The highest BCUT2D eigenvalue weighted by Gasteiger charge is 2.29. The monoisotopic (exact) mass is 283 g/mol. The van der Waals surface area contributed by atoms with Gasteiger partial charge in [-0.15, -0.1) is 0 Å². The summed E-state index contributed by atoms with van der Waals surface area (Å²) in [7, 11) is 0. The molecule has 20 heavy (non-hydrogen) atoms. The minimum absolute atomic E-state index is 0.154. The van der Waals surface area contributed by atoms with E-state index in [4.69, 9.17) is 4.42 Å². The first-order valence-corrected chi connectivity index (χ1v) is 5.86. The third-order valence-electron chi connectivity index (χ3n) is 2.84. The van der Waals surface area contributed by atoms with E-state index in [2.05, 4.69) is 5.32 Å². The van der Waals surface area contributed by atoms with Crippen LogP contribution >= 0.6 is 0 Å². The van der Waals surface area contributed by atoms with E-state index in [1.165, 1.54) is 24.5 Å².